The van der Waals surface area contributed by atoms with Gasteiger partial charge < -0.3 is 14.6 Å². The molecule has 114 valence electrons. The van der Waals surface area contributed by atoms with E-state index in [4.69, 9.17) is 4.98 Å². The average molecular weight is 287 g/mol. The lowest BCUT2D eigenvalue weighted by Crippen LogP contribution is -2.34. The molecule has 5 nitrogen and oxygen atoms in total. The lowest BCUT2D eigenvalue weighted by atomic mass is 9.94. The van der Waals surface area contributed by atoms with Gasteiger partial charge in [0.2, 0.25) is 0 Å². The van der Waals surface area contributed by atoms with Crippen molar-refractivity contribution in [3.05, 3.63) is 18.6 Å². The summed E-state index contributed by atoms with van der Waals surface area (Å²) in [7, 11) is 2.16. The second kappa shape index (κ2) is 6.33. The summed E-state index contributed by atoms with van der Waals surface area (Å²) in [6, 6.07) is 0.591. The van der Waals surface area contributed by atoms with Crippen LogP contribution >= 0.6 is 0 Å². The molecule has 21 heavy (non-hydrogen) atoms. The van der Waals surface area contributed by atoms with Crippen molar-refractivity contribution in [2.75, 3.05) is 23.8 Å². The number of hydrogen-bond donors (Lipinski definition) is 1. The number of rotatable bonds is 5. The van der Waals surface area contributed by atoms with E-state index in [0.717, 1.165) is 30.2 Å². The molecule has 2 aromatic heterocycles. The van der Waals surface area contributed by atoms with Gasteiger partial charge >= 0.3 is 0 Å². The monoisotopic (exact) mass is 287 g/mol. The van der Waals surface area contributed by atoms with E-state index >= 15 is 0 Å². The number of anilines is 2. The van der Waals surface area contributed by atoms with Gasteiger partial charge in [0.25, 0.3) is 0 Å². The fraction of sp³-hybridized carbons (Fsp3) is 0.625. The molecule has 1 aliphatic rings. The molecule has 0 saturated heterocycles. The van der Waals surface area contributed by atoms with Gasteiger partial charge in [-0.1, -0.05) is 26.2 Å². The zero-order valence-corrected chi connectivity index (χ0v) is 13.0. The molecule has 1 N–H and O–H groups in total. The lowest BCUT2D eigenvalue weighted by molar-refractivity contribution is 0.426. The molecule has 0 aliphatic heterocycles. The van der Waals surface area contributed by atoms with Crippen LogP contribution in [0.4, 0.5) is 11.6 Å². The number of hydrogen-bond acceptors (Lipinski definition) is 4. The predicted molar refractivity (Wildman–Crippen MR) is 87.0 cm³/mol. The first-order valence-electron chi connectivity index (χ1n) is 8.10. The Balaban J connectivity index is 1.92. The minimum absolute atomic E-state index is 0.591. The van der Waals surface area contributed by atoms with Crippen molar-refractivity contribution in [3.63, 3.8) is 0 Å². The van der Waals surface area contributed by atoms with Gasteiger partial charge in [-0.05, 0) is 19.3 Å². The van der Waals surface area contributed by atoms with Crippen LogP contribution in [-0.4, -0.2) is 34.0 Å². The van der Waals surface area contributed by atoms with Crippen molar-refractivity contribution in [3.8, 4) is 0 Å². The first-order valence-corrected chi connectivity index (χ1v) is 8.10. The summed E-state index contributed by atoms with van der Waals surface area (Å²) in [4.78, 5) is 11.6. The lowest BCUT2D eigenvalue weighted by Gasteiger charge is -2.32. The molecule has 3 rings (SSSR count). The van der Waals surface area contributed by atoms with E-state index in [9.17, 15) is 0 Å². The minimum atomic E-state index is 0.591. The summed E-state index contributed by atoms with van der Waals surface area (Å²) in [6.45, 7) is 3.11. The van der Waals surface area contributed by atoms with Gasteiger partial charge in [0.05, 0.1) is 6.20 Å². The topological polar surface area (TPSA) is 45.5 Å². The second-order valence-electron chi connectivity index (χ2n) is 5.94. The van der Waals surface area contributed by atoms with Crippen LogP contribution in [-0.2, 0) is 0 Å². The Morgan fingerprint density at radius 2 is 2.14 bits per heavy atom. The zero-order valence-electron chi connectivity index (χ0n) is 13.0. The van der Waals surface area contributed by atoms with Gasteiger partial charge in [0.1, 0.15) is 5.82 Å². The van der Waals surface area contributed by atoms with Crippen LogP contribution in [0.1, 0.15) is 45.4 Å². The molecular weight excluding hydrogens is 262 g/mol. The van der Waals surface area contributed by atoms with Crippen molar-refractivity contribution in [1.82, 2.24) is 14.4 Å². The summed E-state index contributed by atoms with van der Waals surface area (Å²) >= 11 is 0. The molecule has 1 aliphatic carbocycles. The molecule has 0 aromatic carbocycles. The molecule has 0 spiro atoms. The summed E-state index contributed by atoms with van der Waals surface area (Å²) in [5.74, 6) is 1.92. The van der Waals surface area contributed by atoms with E-state index in [0.29, 0.717) is 6.04 Å². The number of aromatic nitrogens is 3. The van der Waals surface area contributed by atoms with Crippen LogP contribution < -0.4 is 10.2 Å². The number of imidazole rings is 1. The van der Waals surface area contributed by atoms with E-state index in [-0.39, 0.29) is 0 Å². The third-order valence-electron chi connectivity index (χ3n) is 4.37. The summed E-state index contributed by atoms with van der Waals surface area (Å²) in [5.41, 5.74) is 0.949. The van der Waals surface area contributed by atoms with Crippen molar-refractivity contribution < 1.29 is 0 Å². The molecule has 0 amide bonds. The van der Waals surface area contributed by atoms with Crippen molar-refractivity contribution in [2.45, 2.75) is 51.5 Å². The smallest absolute Gasteiger partial charge is 0.180 e. The normalized spacial score (nSPS) is 16.3. The fourth-order valence-electron chi connectivity index (χ4n) is 3.13. The summed E-state index contributed by atoms with van der Waals surface area (Å²) in [6.07, 6.45) is 13.5. The predicted octanol–water partition coefficient (Wildman–Crippen LogP) is 3.32. The first kappa shape index (κ1) is 14.2. The van der Waals surface area contributed by atoms with E-state index < -0.39 is 0 Å². The molecule has 2 aromatic rings. The van der Waals surface area contributed by atoms with E-state index in [2.05, 4.69) is 33.6 Å². The molecule has 0 atom stereocenters. The Morgan fingerprint density at radius 1 is 1.33 bits per heavy atom. The molecule has 0 radical (unpaired) electrons. The Kier molecular flexibility index (Phi) is 4.27. The Hall–Kier alpha value is -1.78. The largest absolute Gasteiger partial charge is 0.369 e. The van der Waals surface area contributed by atoms with Crippen LogP contribution in [0.25, 0.3) is 5.65 Å². The summed E-state index contributed by atoms with van der Waals surface area (Å²) < 4.78 is 2.07. The van der Waals surface area contributed by atoms with Gasteiger partial charge in [0.15, 0.2) is 11.5 Å². The third-order valence-corrected chi connectivity index (χ3v) is 4.37. The maximum absolute atomic E-state index is 4.82. The molecular formula is C16H25N5. The Morgan fingerprint density at radius 3 is 2.90 bits per heavy atom. The molecule has 1 fully saturated rings. The highest BCUT2D eigenvalue weighted by Crippen LogP contribution is 2.28. The average Bonchev–Trinajstić information content (AvgIpc) is 3.00. The summed E-state index contributed by atoms with van der Waals surface area (Å²) in [5, 5.41) is 3.39. The van der Waals surface area contributed by atoms with Gasteiger partial charge in [-0.2, -0.15) is 0 Å². The maximum atomic E-state index is 4.82. The third kappa shape index (κ3) is 2.96. The number of fused-ring (bicyclic) bond motifs is 1. The maximum Gasteiger partial charge on any atom is 0.180 e. The van der Waals surface area contributed by atoms with Crippen LogP contribution in [0.15, 0.2) is 18.6 Å². The van der Waals surface area contributed by atoms with Crippen molar-refractivity contribution in [2.24, 2.45) is 0 Å². The van der Waals surface area contributed by atoms with Crippen LogP contribution in [0.2, 0.25) is 0 Å². The van der Waals surface area contributed by atoms with Gasteiger partial charge in [-0.15, -0.1) is 0 Å². The zero-order chi connectivity index (χ0) is 14.7. The first-order chi connectivity index (χ1) is 10.3. The van der Waals surface area contributed by atoms with E-state index in [1.165, 1.54) is 32.1 Å². The molecule has 1 saturated carbocycles. The van der Waals surface area contributed by atoms with Crippen LogP contribution in [0.5, 0.6) is 0 Å². The quantitative estimate of drug-likeness (QED) is 0.916. The highest BCUT2D eigenvalue weighted by Gasteiger charge is 2.22. The highest BCUT2D eigenvalue weighted by molar-refractivity contribution is 5.67. The van der Waals surface area contributed by atoms with Crippen LogP contribution in [0, 0.1) is 0 Å². The molecule has 2 heterocycles. The van der Waals surface area contributed by atoms with Crippen molar-refractivity contribution >= 4 is 17.3 Å². The Bertz CT molecular complexity index is 585. The van der Waals surface area contributed by atoms with E-state index in [1.807, 2.05) is 18.6 Å². The fourth-order valence-corrected chi connectivity index (χ4v) is 3.13. The van der Waals surface area contributed by atoms with Gasteiger partial charge in [-0.25, -0.2) is 9.97 Å². The van der Waals surface area contributed by atoms with Gasteiger partial charge in [0, 0.05) is 32.0 Å². The SMILES string of the molecule is CCCNc1cn2ccnc2c(N(C)C2CCCCC2)n1. The Labute approximate surface area is 126 Å². The minimum Gasteiger partial charge on any atom is -0.369 e. The van der Waals surface area contributed by atoms with E-state index in [1.54, 1.807) is 0 Å². The number of nitrogens with zero attached hydrogens (tertiary/aromatic N) is 4. The number of nitrogens with one attached hydrogen (secondary N) is 1. The van der Waals surface area contributed by atoms with Gasteiger partial charge in [-0.3, -0.25) is 0 Å². The molecule has 0 unspecified atom stereocenters. The highest BCUT2D eigenvalue weighted by atomic mass is 15.2. The molecule has 0 bridgehead atoms. The second-order valence-corrected chi connectivity index (χ2v) is 5.94. The van der Waals surface area contributed by atoms with Crippen molar-refractivity contribution in [1.29, 1.82) is 0 Å². The van der Waals surface area contributed by atoms with Crippen LogP contribution in [0.3, 0.4) is 0 Å². The standard InChI is InChI=1S/C16H25N5/c1-3-9-17-14-12-21-11-10-18-15(21)16(19-14)20(2)13-7-5-4-6-8-13/h10-13,17H,3-9H2,1-2H3. The molecule has 5 heteroatoms.